The molecule has 0 saturated heterocycles. The summed E-state index contributed by atoms with van der Waals surface area (Å²) in [5, 5.41) is 2.28. The predicted molar refractivity (Wildman–Crippen MR) is 92.7 cm³/mol. The Morgan fingerprint density at radius 1 is 1.20 bits per heavy atom. The van der Waals surface area contributed by atoms with Gasteiger partial charge in [-0.3, -0.25) is 4.79 Å². The Balaban J connectivity index is 1.65. The first kappa shape index (κ1) is 17.5. The van der Waals surface area contributed by atoms with Crippen molar-refractivity contribution in [2.75, 3.05) is 11.9 Å². The lowest BCUT2D eigenvalue weighted by molar-refractivity contribution is -0.119. The molecular formula is C15H8Cl2FN3O3S. The quantitative estimate of drug-likeness (QED) is 0.530. The minimum atomic E-state index is -0.941. The number of halogens is 3. The summed E-state index contributed by atoms with van der Waals surface area (Å²) >= 11 is 12.4. The van der Waals surface area contributed by atoms with E-state index in [0.717, 1.165) is 23.9 Å². The van der Waals surface area contributed by atoms with E-state index in [0.29, 0.717) is 16.7 Å². The summed E-state index contributed by atoms with van der Waals surface area (Å²) in [6.45, 7) is -0.576. The van der Waals surface area contributed by atoms with E-state index in [9.17, 15) is 14.0 Å². The van der Waals surface area contributed by atoms with Gasteiger partial charge in [-0.1, -0.05) is 29.3 Å². The highest BCUT2D eigenvalue weighted by Crippen LogP contribution is 2.25. The van der Waals surface area contributed by atoms with Crippen molar-refractivity contribution in [1.29, 1.82) is 0 Å². The zero-order chi connectivity index (χ0) is 18.0. The average Bonchev–Trinajstić information content (AvgIpc) is 3.06. The number of nitrogens with zero attached hydrogens (tertiary/aromatic N) is 2. The molecule has 0 saturated carbocycles. The maximum atomic E-state index is 13.4. The monoisotopic (exact) mass is 399 g/mol. The highest BCUT2D eigenvalue weighted by molar-refractivity contribution is 7.00. The van der Waals surface area contributed by atoms with E-state index in [4.69, 9.17) is 27.9 Å². The molecule has 1 heterocycles. The van der Waals surface area contributed by atoms with E-state index in [1.807, 2.05) is 0 Å². The summed E-state index contributed by atoms with van der Waals surface area (Å²) in [5.74, 6) is -2.34. The number of hydrogen-bond donors (Lipinski definition) is 1. The summed E-state index contributed by atoms with van der Waals surface area (Å²) < 4.78 is 26.4. The van der Waals surface area contributed by atoms with E-state index in [-0.39, 0.29) is 15.6 Å². The molecular weight excluding hydrogens is 392 g/mol. The second-order valence-electron chi connectivity index (χ2n) is 4.81. The van der Waals surface area contributed by atoms with Gasteiger partial charge in [0.25, 0.3) is 5.91 Å². The lowest BCUT2D eigenvalue weighted by Gasteiger charge is -2.08. The van der Waals surface area contributed by atoms with E-state index in [1.165, 1.54) is 0 Å². The van der Waals surface area contributed by atoms with Gasteiger partial charge < -0.3 is 10.1 Å². The molecule has 0 aliphatic carbocycles. The van der Waals surface area contributed by atoms with Crippen LogP contribution in [0.15, 0.2) is 30.3 Å². The smallest absolute Gasteiger partial charge is 0.340 e. The van der Waals surface area contributed by atoms with Gasteiger partial charge in [0.05, 0.1) is 33.0 Å². The van der Waals surface area contributed by atoms with Gasteiger partial charge in [-0.05, 0) is 24.3 Å². The third-order valence-corrected chi connectivity index (χ3v) is 4.27. The first-order chi connectivity index (χ1) is 12.0. The lowest BCUT2D eigenvalue weighted by atomic mass is 10.2. The standard InChI is InChI=1S/C15H8Cl2FN3O3S/c16-8-5-9(17)10(18)4-7(8)15(23)24-6-13(22)19-11-2-1-3-12-14(11)21-25-20-12/h1-5H,6H2,(H,19,22). The summed E-state index contributed by atoms with van der Waals surface area (Å²) in [6, 6.07) is 7.06. The average molecular weight is 400 g/mol. The number of carbonyl (C=O) groups is 2. The number of rotatable bonds is 4. The highest BCUT2D eigenvalue weighted by atomic mass is 35.5. The fraction of sp³-hybridized carbons (Fsp3) is 0.0667. The Morgan fingerprint density at radius 2 is 2.00 bits per heavy atom. The van der Waals surface area contributed by atoms with E-state index in [2.05, 4.69) is 14.1 Å². The van der Waals surface area contributed by atoms with Crippen LogP contribution in [-0.2, 0) is 9.53 Å². The van der Waals surface area contributed by atoms with Crippen molar-refractivity contribution in [2.45, 2.75) is 0 Å². The molecule has 6 nitrogen and oxygen atoms in total. The number of nitrogens with one attached hydrogen (secondary N) is 1. The number of amides is 1. The highest BCUT2D eigenvalue weighted by Gasteiger charge is 2.17. The van der Waals surface area contributed by atoms with E-state index < -0.39 is 24.3 Å². The molecule has 0 radical (unpaired) electrons. The molecule has 0 bridgehead atoms. The van der Waals surface area contributed by atoms with Crippen LogP contribution in [0.5, 0.6) is 0 Å². The summed E-state index contributed by atoms with van der Waals surface area (Å²) in [4.78, 5) is 23.9. The molecule has 0 spiro atoms. The zero-order valence-electron chi connectivity index (χ0n) is 12.3. The van der Waals surface area contributed by atoms with Crippen molar-refractivity contribution in [3.63, 3.8) is 0 Å². The van der Waals surface area contributed by atoms with E-state index >= 15 is 0 Å². The SMILES string of the molecule is O=C(COC(=O)c1cc(F)c(Cl)cc1Cl)Nc1cccc2nsnc12. The number of ether oxygens (including phenoxy) is 1. The van der Waals surface area contributed by atoms with Crippen LogP contribution in [0.4, 0.5) is 10.1 Å². The van der Waals surface area contributed by atoms with Crippen LogP contribution in [-0.4, -0.2) is 27.2 Å². The molecule has 0 aliphatic heterocycles. The third kappa shape index (κ3) is 3.87. The fourth-order valence-electron chi connectivity index (χ4n) is 1.98. The van der Waals surface area contributed by atoms with Crippen molar-refractivity contribution in [3.8, 4) is 0 Å². The van der Waals surface area contributed by atoms with Gasteiger partial charge in [0.1, 0.15) is 16.9 Å². The molecule has 1 N–H and O–H groups in total. The number of aromatic nitrogens is 2. The van der Waals surface area contributed by atoms with Crippen molar-refractivity contribution in [1.82, 2.24) is 8.75 Å². The van der Waals surface area contributed by atoms with Gasteiger partial charge in [0, 0.05) is 0 Å². The first-order valence-corrected chi connectivity index (χ1v) is 8.27. The molecule has 3 rings (SSSR count). The molecule has 128 valence electrons. The Morgan fingerprint density at radius 3 is 2.80 bits per heavy atom. The number of benzene rings is 2. The van der Waals surface area contributed by atoms with Crippen LogP contribution in [0, 0.1) is 5.82 Å². The minimum Gasteiger partial charge on any atom is -0.452 e. The van der Waals surface area contributed by atoms with E-state index in [1.54, 1.807) is 18.2 Å². The molecule has 1 amide bonds. The number of esters is 1. The molecule has 10 heteroatoms. The maximum absolute atomic E-state index is 13.4. The van der Waals surface area contributed by atoms with Crippen molar-refractivity contribution >= 4 is 63.5 Å². The Labute approximate surface area is 154 Å². The predicted octanol–water partition coefficient (Wildman–Crippen LogP) is 3.93. The number of hydrogen-bond acceptors (Lipinski definition) is 6. The van der Waals surface area contributed by atoms with Crippen molar-refractivity contribution in [3.05, 3.63) is 51.8 Å². The van der Waals surface area contributed by atoms with Gasteiger partial charge in [0.15, 0.2) is 6.61 Å². The maximum Gasteiger partial charge on any atom is 0.340 e. The van der Waals surface area contributed by atoms with Gasteiger partial charge in [-0.2, -0.15) is 8.75 Å². The largest absolute Gasteiger partial charge is 0.452 e. The Bertz CT molecular complexity index is 980. The molecule has 25 heavy (non-hydrogen) atoms. The van der Waals surface area contributed by atoms with Crippen LogP contribution in [0.25, 0.3) is 11.0 Å². The van der Waals surface area contributed by atoms with Gasteiger partial charge in [-0.15, -0.1) is 0 Å². The number of fused-ring (bicyclic) bond motifs is 1. The third-order valence-electron chi connectivity index (χ3n) is 3.12. The van der Waals surface area contributed by atoms with Crippen molar-refractivity contribution < 1.29 is 18.7 Å². The van der Waals surface area contributed by atoms with Crippen LogP contribution in [0.3, 0.4) is 0 Å². The topological polar surface area (TPSA) is 81.2 Å². The lowest BCUT2D eigenvalue weighted by Crippen LogP contribution is -2.21. The summed E-state index contributed by atoms with van der Waals surface area (Å²) in [5.41, 5.74) is 1.41. The van der Waals surface area contributed by atoms with Gasteiger partial charge in [0.2, 0.25) is 0 Å². The second-order valence-corrected chi connectivity index (χ2v) is 6.15. The van der Waals surface area contributed by atoms with Gasteiger partial charge in [-0.25, -0.2) is 9.18 Å². The molecule has 0 fully saturated rings. The van der Waals surface area contributed by atoms with Crippen LogP contribution in [0.1, 0.15) is 10.4 Å². The summed E-state index contributed by atoms with van der Waals surface area (Å²) in [7, 11) is 0. The molecule has 0 atom stereocenters. The molecule has 0 aliphatic rings. The number of anilines is 1. The Hall–Kier alpha value is -2.29. The first-order valence-electron chi connectivity index (χ1n) is 6.78. The van der Waals surface area contributed by atoms with Crippen LogP contribution in [0.2, 0.25) is 10.0 Å². The molecule has 2 aromatic carbocycles. The number of carbonyl (C=O) groups excluding carboxylic acids is 2. The molecule has 1 aromatic heterocycles. The van der Waals surface area contributed by atoms with Crippen molar-refractivity contribution in [2.24, 2.45) is 0 Å². The van der Waals surface area contributed by atoms with Crippen LogP contribution < -0.4 is 5.32 Å². The second kappa shape index (κ2) is 7.30. The fourth-order valence-corrected chi connectivity index (χ4v) is 2.99. The molecule has 3 aromatic rings. The summed E-state index contributed by atoms with van der Waals surface area (Å²) in [6.07, 6.45) is 0. The van der Waals surface area contributed by atoms with Gasteiger partial charge >= 0.3 is 5.97 Å². The van der Waals surface area contributed by atoms with Crippen LogP contribution >= 0.6 is 34.9 Å². The zero-order valence-corrected chi connectivity index (χ0v) is 14.6. The minimum absolute atomic E-state index is 0.0740. The normalized spacial score (nSPS) is 10.7. The Kier molecular flexibility index (Phi) is 5.12. The molecule has 0 unspecified atom stereocenters.